The van der Waals surface area contributed by atoms with Gasteiger partial charge in [0.1, 0.15) is 0 Å². The molecular weight excluding hydrogens is 471 g/mol. The molecule has 0 bridgehead atoms. The van der Waals surface area contributed by atoms with E-state index in [9.17, 15) is 5.11 Å². The van der Waals surface area contributed by atoms with Crippen molar-refractivity contribution < 1.29 is 31.0 Å². The molecule has 29 heavy (non-hydrogen) atoms. The standard InChI is InChI=1S/C26H38IO2/c1-2-3-4-5-6-7-8-9-10-14-17-25(28)22-29-26-20-18-24(19-21-26)27-23-15-12-11-13-16-23/h11-13,15-16,18-21,25,28H,2-10,14,17,22H2,1H3/q-1. The molecule has 2 aromatic carbocycles. The van der Waals surface area contributed by atoms with Gasteiger partial charge in [-0.25, -0.2) is 0 Å². The molecule has 2 aromatic rings. The molecule has 0 aliphatic rings. The van der Waals surface area contributed by atoms with Gasteiger partial charge in [0.25, 0.3) is 0 Å². The van der Waals surface area contributed by atoms with E-state index in [-0.39, 0.29) is 27.3 Å². The number of halogens is 1. The van der Waals surface area contributed by atoms with Gasteiger partial charge in [0, 0.05) is 0 Å². The normalized spacial score (nSPS) is 12.2. The first-order valence-electron chi connectivity index (χ1n) is 11.4. The third-order valence-corrected chi connectivity index (χ3v) is 7.78. The molecule has 0 aliphatic carbocycles. The fourth-order valence-corrected chi connectivity index (χ4v) is 5.55. The van der Waals surface area contributed by atoms with Crippen molar-refractivity contribution in [2.45, 2.75) is 83.7 Å². The van der Waals surface area contributed by atoms with Gasteiger partial charge in [-0.3, -0.25) is 0 Å². The van der Waals surface area contributed by atoms with Crippen LogP contribution in [0, 0.1) is 7.14 Å². The predicted octanol–water partition coefficient (Wildman–Crippen LogP) is 3.87. The zero-order chi connectivity index (χ0) is 20.6. The fraction of sp³-hybridized carbons (Fsp3) is 0.538. The van der Waals surface area contributed by atoms with E-state index in [1.807, 2.05) is 12.1 Å². The van der Waals surface area contributed by atoms with E-state index in [1.54, 1.807) is 0 Å². The second-order valence-corrected chi connectivity index (χ2v) is 10.8. The first-order chi connectivity index (χ1) is 14.3. The number of aliphatic hydroxyl groups is 1. The van der Waals surface area contributed by atoms with Crippen molar-refractivity contribution in [3.63, 3.8) is 0 Å². The predicted molar refractivity (Wildman–Crippen MR) is 118 cm³/mol. The van der Waals surface area contributed by atoms with Crippen molar-refractivity contribution in [1.29, 1.82) is 0 Å². The van der Waals surface area contributed by atoms with Gasteiger partial charge in [0.15, 0.2) is 0 Å². The minimum absolute atomic E-state index is 0.131. The Kier molecular flexibility index (Phi) is 13.1. The molecule has 1 atom stereocenters. The van der Waals surface area contributed by atoms with Crippen molar-refractivity contribution in [2.24, 2.45) is 0 Å². The van der Waals surface area contributed by atoms with Gasteiger partial charge < -0.3 is 0 Å². The second kappa shape index (κ2) is 15.7. The molecule has 1 N–H and O–H groups in total. The fourth-order valence-electron chi connectivity index (χ4n) is 3.34. The van der Waals surface area contributed by atoms with Crippen LogP contribution >= 0.6 is 0 Å². The van der Waals surface area contributed by atoms with Crippen LogP contribution in [0.3, 0.4) is 0 Å². The summed E-state index contributed by atoms with van der Waals surface area (Å²) in [5.41, 5.74) is 0. The van der Waals surface area contributed by atoms with E-state index in [0.717, 1.165) is 18.6 Å². The van der Waals surface area contributed by atoms with Crippen LogP contribution in [0.4, 0.5) is 0 Å². The van der Waals surface area contributed by atoms with Crippen molar-refractivity contribution in [3.05, 3.63) is 61.7 Å². The summed E-state index contributed by atoms with van der Waals surface area (Å²) in [5, 5.41) is 10.2. The van der Waals surface area contributed by atoms with Gasteiger partial charge in [-0.2, -0.15) is 0 Å². The van der Waals surface area contributed by atoms with Crippen LogP contribution in [0.5, 0.6) is 5.75 Å². The Morgan fingerprint density at radius 2 is 1.28 bits per heavy atom. The number of unbranched alkanes of at least 4 members (excludes halogenated alkanes) is 9. The summed E-state index contributed by atoms with van der Waals surface area (Å²) in [7, 11) is 0. The molecular formula is C26H38IO2-. The number of ether oxygens (including phenoxy) is 1. The first-order valence-corrected chi connectivity index (χ1v) is 13.5. The Labute approximate surface area is 188 Å². The Balaban J connectivity index is 1.50. The van der Waals surface area contributed by atoms with E-state index in [2.05, 4.69) is 49.4 Å². The molecule has 0 saturated heterocycles. The van der Waals surface area contributed by atoms with Crippen LogP contribution in [0.25, 0.3) is 0 Å². The number of hydrogen-bond donors (Lipinski definition) is 1. The summed E-state index contributed by atoms with van der Waals surface area (Å²) in [6.45, 7) is 2.66. The number of aliphatic hydroxyl groups excluding tert-OH is 1. The Hall–Kier alpha value is -1.07. The van der Waals surface area contributed by atoms with Gasteiger partial charge in [-0.1, -0.05) is 45.4 Å². The van der Waals surface area contributed by atoms with Gasteiger partial charge in [0.05, 0.1) is 0 Å². The summed E-state index contributed by atoms with van der Waals surface area (Å²) < 4.78 is 8.58. The molecule has 0 spiro atoms. The maximum atomic E-state index is 10.2. The van der Waals surface area contributed by atoms with E-state index in [0.29, 0.717) is 6.61 Å². The minimum atomic E-state index is -0.361. The Bertz CT molecular complexity index is 627. The van der Waals surface area contributed by atoms with Crippen LogP contribution in [-0.2, 0) is 0 Å². The van der Waals surface area contributed by atoms with Crippen molar-refractivity contribution in [2.75, 3.05) is 6.61 Å². The molecule has 1 unspecified atom stereocenters. The molecule has 3 heteroatoms. The zero-order valence-electron chi connectivity index (χ0n) is 18.0. The summed E-state index contributed by atoms with van der Waals surface area (Å²) in [5.74, 6) is 0.855. The number of rotatable bonds is 16. The average Bonchev–Trinajstić information content (AvgIpc) is 2.75. The molecule has 162 valence electrons. The second-order valence-electron chi connectivity index (χ2n) is 7.78. The Morgan fingerprint density at radius 3 is 1.90 bits per heavy atom. The van der Waals surface area contributed by atoms with Crippen molar-refractivity contribution in [3.8, 4) is 5.75 Å². The monoisotopic (exact) mass is 509 g/mol. The first kappa shape index (κ1) is 24.2. The van der Waals surface area contributed by atoms with Gasteiger partial charge in [-0.15, -0.1) is 0 Å². The summed E-state index contributed by atoms with van der Waals surface area (Å²) in [6.07, 6.45) is 13.7. The third-order valence-electron chi connectivity index (χ3n) is 5.10. The summed E-state index contributed by atoms with van der Waals surface area (Å²) >= 11 is -0.131. The average molecular weight is 509 g/mol. The van der Waals surface area contributed by atoms with Gasteiger partial charge >= 0.3 is 143 Å². The van der Waals surface area contributed by atoms with E-state index < -0.39 is 0 Å². The van der Waals surface area contributed by atoms with E-state index >= 15 is 0 Å². The van der Waals surface area contributed by atoms with Crippen LogP contribution in [0.2, 0.25) is 0 Å². The van der Waals surface area contributed by atoms with E-state index in [1.165, 1.54) is 64.9 Å². The van der Waals surface area contributed by atoms with Crippen molar-refractivity contribution >= 4 is 0 Å². The molecule has 0 saturated carbocycles. The SMILES string of the molecule is CCCCCCCCCCCCC(O)COc1ccc([I-]c2ccccc2)cc1. The van der Waals surface area contributed by atoms with Crippen LogP contribution in [-0.4, -0.2) is 17.8 Å². The molecule has 0 aliphatic heterocycles. The molecule has 0 aromatic heterocycles. The molecule has 0 fully saturated rings. The number of benzene rings is 2. The molecule has 2 nitrogen and oxygen atoms in total. The van der Waals surface area contributed by atoms with Gasteiger partial charge in [-0.05, 0) is 0 Å². The van der Waals surface area contributed by atoms with Gasteiger partial charge in [0.2, 0.25) is 0 Å². The number of hydrogen-bond acceptors (Lipinski definition) is 2. The van der Waals surface area contributed by atoms with Crippen LogP contribution in [0.15, 0.2) is 54.6 Å². The third kappa shape index (κ3) is 11.6. The molecule has 0 amide bonds. The van der Waals surface area contributed by atoms with Crippen LogP contribution < -0.4 is 25.9 Å². The maximum absolute atomic E-state index is 10.2. The Morgan fingerprint density at radius 1 is 0.724 bits per heavy atom. The summed E-state index contributed by atoms with van der Waals surface area (Å²) in [4.78, 5) is 0. The van der Waals surface area contributed by atoms with E-state index in [4.69, 9.17) is 4.74 Å². The van der Waals surface area contributed by atoms with Crippen LogP contribution in [0.1, 0.15) is 77.6 Å². The topological polar surface area (TPSA) is 29.5 Å². The zero-order valence-corrected chi connectivity index (χ0v) is 20.1. The molecule has 0 radical (unpaired) electrons. The quantitative estimate of drug-likeness (QED) is 0.275. The van der Waals surface area contributed by atoms with Crippen molar-refractivity contribution in [1.82, 2.24) is 0 Å². The molecule has 0 heterocycles. The molecule has 2 rings (SSSR count). The summed E-state index contributed by atoms with van der Waals surface area (Å²) in [6, 6.07) is 19.0.